The fraction of sp³-hybridized carbons (Fsp3) is 0.333. The summed E-state index contributed by atoms with van der Waals surface area (Å²) in [6.45, 7) is 10.1. The molecule has 0 aliphatic carbocycles. The third kappa shape index (κ3) is 4.24. The smallest absolute Gasteiger partial charge is 0.238 e. The van der Waals surface area contributed by atoms with Crippen molar-refractivity contribution in [3.05, 3.63) is 71.5 Å². The Hall–Kier alpha value is -3.12. The number of aromatic nitrogens is 2. The van der Waals surface area contributed by atoms with Gasteiger partial charge in [-0.05, 0) is 44.5 Å². The summed E-state index contributed by atoms with van der Waals surface area (Å²) in [5, 5.41) is 7.70. The van der Waals surface area contributed by atoms with Crippen molar-refractivity contribution in [2.75, 3.05) is 42.9 Å². The zero-order valence-electron chi connectivity index (χ0n) is 17.9. The predicted molar refractivity (Wildman–Crippen MR) is 121 cm³/mol. The third-order valence-corrected chi connectivity index (χ3v) is 5.75. The summed E-state index contributed by atoms with van der Waals surface area (Å²) in [5.41, 5.74) is 6.16. The highest BCUT2D eigenvalue weighted by Gasteiger charge is 2.21. The first-order valence-corrected chi connectivity index (χ1v) is 10.5. The van der Waals surface area contributed by atoms with Crippen LogP contribution in [0.15, 0.2) is 54.6 Å². The van der Waals surface area contributed by atoms with Gasteiger partial charge in [0, 0.05) is 31.9 Å². The van der Waals surface area contributed by atoms with Crippen LogP contribution in [0, 0.1) is 20.8 Å². The quantitative estimate of drug-likeness (QED) is 0.708. The molecule has 1 saturated heterocycles. The molecular weight excluding hydrogens is 374 g/mol. The molecule has 0 atom stereocenters. The number of para-hydroxylation sites is 2. The Morgan fingerprint density at radius 1 is 0.933 bits per heavy atom. The molecule has 6 nitrogen and oxygen atoms in total. The van der Waals surface area contributed by atoms with Crippen LogP contribution in [0.2, 0.25) is 0 Å². The fourth-order valence-electron chi connectivity index (χ4n) is 4.09. The molecule has 0 unspecified atom stereocenters. The topological polar surface area (TPSA) is 53.4 Å². The molecule has 6 heteroatoms. The molecule has 30 heavy (non-hydrogen) atoms. The Kier molecular flexibility index (Phi) is 5.86. The number of carbonyl (C=O) groups excluding carboxylic acids is 1. The van der Waals surface area contributed by atoms with Gasteiger partial charge in [-0.1, -0.05) is 36.4 Å². The summed E-state index contributed by atoms with van der Waals surface area (Å²) in [5.74, 6) is 0.0122. The van der Waals surface area contributed by atoms with Gasteiger partial charge in [0.15, 0.2) is 0 Å². The minimum atomic E-state index is 0.0122. The summed E-state index contributed by atoms with van der Waals surface area (Å²) in [6, 6.07) is 18.5. The fourth-order valence-corrected chi connectivity index (χ4v) is 4.09. The minimum Gasteiger partial charge on any atom is -0.369 e. The number of rotatable bonds is 5. The summed E-state index contributed by atoms with van der Waals surface area (Å²) < 4.78 is 1.88. The van der Waals surface area contributed by atoms with Gasteiger partial charge in [0.25, 0.3) is 0 Å². The molecule has 0 bridgehead atoms. The van der Waals surface area contributed by atoms with E-state index in [0.29, 0.717) is 6.54 Å². The van der Waals surface area contributed by atoms with Crippen LogP contribution in [-0.4, -0.2) is 53.3 Å². The van der Waals surface area contributed by atoms with Crippen molar-refractivity contribution in [2.24, 2.45) is 0 Å². The number of hydrogen-bond acceptors (Lipinski definition) is 4. The van der Waals surface area contributed by atoms with Crippen molar-refractivity contribution >= 4 is 17.3 Å². The van der Waals surface area contributed by atoms with Gasteiger partial charge < -0.3 is 10.2 Å². The van der Waals surface area contributed by atoms with Crippen LogP contribution in [0.5, 0.6) is 0 Å². The van der Waals surface area contributed by atoms with Crippen molar-refractivity contribution in [1.82, 2.24) is 14.7 Å². The molecular formula is C24H29N5O. The maximum Gasteiger partial charge on any atom is 0.238 e. The number of carbonyl (C=O) groups is 1. The van der Waals surface area contributed by atoms with E-state index in [0.717, 1.165) is 48.9 Å². The predicted octanol–water partition coefficient (Wildman–Crippen LogP) is 3.56. The van der Waals surface area contributed by atoms with Crippen molar-refractivity contribution in [2.45, 2.75) is 20.8 Å². The Morgan fingerprint density at radius 3 is 2.30 bits per heavy atom. The zero-order chi connectivity index (χ0) is 21.1. The van der Waals surface area contributed by atoms with E-state index in [9.17, 15) is 4.79 Å². The number of amides is 1. The standard InChI is InChI=1S/C24H29N5O/c1-18-9-7-8-12-22(18)28-15-13-27(14-16-28)17-23(30)25-24-19(2)26-29(20(24)3)21-10-5-4-6-11-21/h4-12H,13-17H2,1-3H3,(H,25,30). The molecule has 1 aliphatic rings. The number of nitrogens with zero attached hydrogens (tertiary/aromatic N) is 4. The van der Waals surface area contributed by atoms with Gasteiger partial charge in [0.1, 0.15) is 0 Å². The second kappa shape index (κ2) is 8.71. The number of nitrogens with one attached hydrogen (secondary N) is 1. The first kappa shape index (κ1) is 20.2. The van der Waals surface area contributed by atoms with Crippen LogP contribution in [0.1, 0.15) is 17.0 Å². The van der Waals surface area contributed by atoms with Gasteiger partial charge in [-0.2, -0.15) is 5.10 Å². The van der Waals surface area contributed by atoms with E-state index in [1.165, 1.54) is 11.3 Å². The van der Waals surface area contributed by atoms with Gasteiger partial charge in [0.05, 0.1) is 29.3 Å². The summed E-state index contributed by atoms with van der Waals surface area (Å²) in [4.78, 5) is 17.4. The number of piperazine rings is 1. The van der Waals surface area contributed by atoms with E-state index in [2.05, 4.69) is 51.4 Å². The van der Waals surface area contributed by atoms with Crippen molar-refractivity contribution in [3.8, 4) is 5.69 Å². The molecule has 1 amide bonds. The molecule has 0 radical (unpaired) electrons. The van der Waals surface area contributed by atoms with Crippen LogP contribution < -0.4 is 10.2 Å². The molecule has 4 rings (SSSR count). The second-order valence-electron chi connectivity index (χ2n) is 7.89. The largest absolute Gasteiger partial charge is 0.369 e. The van der Waals surface area contributed by atoms with Gasteiger partial charge in [-0.25, -0.2) is 4.68 Å². The molecule has 156 valence electrons. The molecule has 0 spiro atoms. The van der Waals surface area contributed by atoms with Gasteiger partial charge in [-0.3, -0.25) is 9.69 Å². The summed E-state index contributed by atoms with van der Waals surface area (Å²) in [7, 11) is 0. The lowest BCUT2D eigenvalue weighted by Gasteiger charge is -2.36. The van der Waals surface area contributed by atoms with Crippen LogP contribution in [0.4, 0.5) is 11.4 Å². The third-order valence-electron chi connectivity index (χ3n) is 5.75. The van der Waals surface area contributed by atoms with E-state index >= 15 is 0 Å². The average molecular weight is 404 g/mol. The molecule has 2 aromatic carbocycles. The number of benzene rings is 2. The lowest BCUT2D eigenvalue weighted by molar-refractivity contribution is -0.117. The Bertz CT molecular complexity index is 1020. The van der Waals surface area contributed by atoms with E-state index < -0.39 is 0 Å². The van der Waals surface area contributed by atoms with Gasteiger partial charge in [-0.15, -0.1) is 0 Å². The van der Waals surface area contributed by atoms with Crippen molar-refractivity contribution < 1.29 is 4.79 Å². The monoisotopic (exact) mass is 403 g/mol. The maximum absolute atomic E-state index is 12.7. The summed E-state index contributed by atoms with van der Waals surface area (Å²) >= 11 is 0. The Morgan fingerprint density at radius 2 is 1.60 bits per heavy atom. The first-order chi connectivity index (χ1) is 14.5. The number of hydrogen-bond donors (Lipinski definition) is 1. The first-order valence-electron chi connectivity index (χ1n) is 10.5. The van der Waals surface area contributed by atoms with Crippen molar-refractivity contribution in [1.29, 1.82) is 0 Å². The minimum absolute atomic E-state index is 0.0122. The Balaban J connectivity index is 1.36. The summed E-state index contributed by atoms with van der Waals surface area (Å²) in [6.07, 6.45) is 0. The van der Waals surface area contributed by atoms with E-state index in [1.807, 2.05) is 48.9 Å². The molecule has 1 fully saturated rings. The highest BCUT2D eigenvalue weighted by Crippen LogP contribution is 2.23. The van der Waals surface area contributed by atoms with Gasteiger partial charge in [0.2, 0.25) is 5.91 Å². The normalized spacial score (nSPS) is 14.7. The van der Waals surface area contributed by atoms with Crippen LogP contribution in [-0.2, 0) is 4.79 Å². The highest BCUT2D eigenvalue weighted by atomic mass is 16.2. The molecule has 1 aliphatic heterocycles. The number of anilines is 2. The highest BCUT2D eigenvalue weighted by molar-refractivity contribution is 5.93. The van der Waals surface area contributed by atoms with Crippen LogP contribution in [0.3, 0.4) is 0 Å². The molecule has 2 heterocycles. The van der Waals surface area contributed by atoms with E-state index in [1.54, 1.807) is 0 Å². The Labute approximate surface area is 178 Å². The van der Waals surface area contributed by atoms with Crippen LogP contribution >= 0.6 is 0 Å². The molecule has 1 aromatic heterocycles. The molecule has 0 saturated carbocycles. The number of aryl methyl sites for hydroxylation is 2. The van der Waals surface area contributed by atoms with Crippen LogP contribution in [0.25, 0.3) is 5.69 Å². The average Bonchev–Trinajstić information content (AvgIpc) is 3.04. The van der Waals surface area contributed by atoms with Gasteiger partial charge >= 0.3 is 0 Å². The SMILES string of the molecule is Cc1ccccc1N1CCN(CC(=O)Nc2c(C)nn(-c3ccccc3)c2C)CC1. The van der Waals surface area contributed by atoms with E-state index in [4.69, 9.17) is 0 Å². The zero-order valence-corrected chi connectivity index (χ0v) is 17.9. The lowest BCUT2D eigenvalue weighted by Crippen LogP contribution is -2.48. The molecule has 3 aromatic rings. The van der Waals surface area contributed by atoms with E-state index in [-0.39, 0.29) is 5.91 Å². The maximum atomic E-state index is 12.7. The lowest BCUT2D eigenvalue weighted by atomic mass is 10.1. The second-order valence-corrected chi connectivity index (χ2v) is 7.89. The van der Waals surface area contributed by atoms with Crippen molar-refractivity contribution in [3.63, 3.8) is 0 Å². The molecule has 1 N–H and O–H groups in total.